The van der Waals surface area contributed by atoms with Crippen molar-refractivity contribution in [3.63, 3.8) is 0 Å². The van der Waals surface area contributed by atoms with Gasteiger partial charge in [-0.15, -0.1) is 0 Å². The third kappa shape index (κ3) is 5.99. The molecule has 0 bridgehead atoms. The van der Waals surface area contributed by atoms with Gasteiger partial charge in [0, 0.05) is 29.2 Å². The largest absolute Gasteiger partial charge is 0.312 e. The van der Waals surface area contributed by atoms with Crippen molar-refractivity contribution in [2.45, 2.75) is 49.1 Å². The quantitative estimate of drug-likeness (QED) is 0.354. The fourth-order valence-electron chi connectivity index (χ4n) is 3.59. The highest BCUT2D eigenvalue weighted by molar-refractivity contribution is 7.89. The summed E-state index contributed by atoms with van der Waals surface area (Å²) >= 11 is 5.90. The first-order valence-electron chi connectivity index (χ1n) is 9.60. The number of hydrogen-bond donors (Lipinski definition) is 2. The van der Waals surface area contributed by atoms with Crippen LogP contribution in [0.3, 0.4) is 0 Å². The third-order valence-corrected chi connectivity index (χ3v) is 6.90. The molecule has 0 saturated heterocycles. The fourth-order valence-corrected chi connectivity index (χ4v) is 5.03. The first-order chi connectivity index (χ1) is 13.8. The summed E-state index contributed by atoms with van der Waals surface area (Å²) in [7, 11) is -3.72. The SMILES string of the molecule is O=[N+]([O-])c1ccc(S(=O)(=O)NC2CCCC2NCCCc2ccc(Cl)cc2)cc1. The smallest absolute Gasteiger partial charge is 0.269 e. The van der Waals surface area contributed by atoms with E-state index >= 15 is 0 Å². The number of hydrogen-bond acceptors (Lipinski definition) is 5. The summed E-state index contributed by atoms with van der Waals surface area (Å²) in [5, 5.41) is 14.9. The zero-order chi connectivity index (χ0) is 20.9. The van der Waals surface area contributed by atoms with Crippen molar-refractivity contribution in [1.29, 1.82) is 0 Å². The predicted molar refractivity (Wildman–Crippen MR) is 113 cm³/mol. The topological polar surface area (TPSA) is 101 Å². The number of nitro groups is 1. The van der Waals surface area contributed by atoms with Gasteiger partial charge in [-0.1, -0.05) is 30.2 Å². The Morgan fingerprint density at radius 2 is 1.69 bits per heavy atom. The van der Waals surface area contributed by atoms with E-state index in [1.807, 2.05) is 24.3 Å². The van der Waals surface area contributed by atoms with Crippen LogP contribution in [0.5, 0.6) is 0 Å². The van der Waals surface area contributed by atoms with Crippen LogP contribution in [0, 0.1) is 10.1 Å². The lowest BCUT2D eigenvalue weighted by Crippen LogP contribution is -2.46. The monoisotopic (exact) mass is 437 g/mol. The van der Waals surface area contributed by atoms with Crippen LogP contribution < -0.4 is 10.0 Å². The van der Waals surface area contributed by atoms with Crippen molar-refractivity contribution in [3.05, 3.63) is 69.2 Å². The van der Waals surface area contributed by atoms with E-state index in [0.717, 1.165) is 43.7 Å². The average molecular weight is 438 g/mol. The maximum Gasteiger partial charge on any atom is 0.269 e. The van der Waals surface area contributed by atoms with E-state index in [4.69, 9.17) is 11.6 Å². The van der Waals surface area contributed by atoms with Gasteiger partial charge in [0.15, 0.2) is 0 Å². The molecule has 0 aliphatic heterocycles. The number of aryl methyl sites for hydroxylation is 1. The van der Waals surface area contributed by atoms with Gasteiger partial charge in [0.25, 0.3) is 5.69 Å². The van der Waals surface area contributed by atoms with Crippen molar-refractivity contribution in [2.75, 3.05) is 6.54 Å². The lowest BCUT2D eigenvalue weighted by molar-refractivity contribution is -0.384. The van der Waals surface area contributed by atoms with Gasteiger partial charge >= 0.3 is 0 Å². The Hall–Kier alpha value is -2.00. The molecule has 0 spiro atoms. The maximum atomic E-state index is 12.6. The molecule has 3 rings (SSSR count). The van der Waals surface area contributed by atoms with Gasteiger partial charge < -0.3 is 5.32 Å². The Kier molecular flexibility index (Phi) is 7.23. The molecule has 2 aromatic carbocycles. The molecule has 9 heteroatoms. The Balaban J connectivity index is 1.51. The number of non-ortho nitro benzene ring substituents is 1. The maximum absolute atomic E-state index is 12.6. The third-order valence-electron chi connectivity index (χ3n) is 5.14. The molecule has 2 unspecified atom stereocenters. The van der Waals surface area contributed by atoms with Crippen LogP contribution in [0.25, 0.3) is 0 Å². The summed E-state index contributed by atoms with van der Waals surface area (Å²) in [6.45, 7) is 0.795. The molecule has 0 amide bonds. The highest BCUT2D eigenvalue weighted by atomic mass is 35.5. The number of sulfonamides is 1. The zero-order valence-electron chi connectivity index (χ0n) is 15.9. The fraction of sp³-hybridized carbons (Fsp3) is 0.400. The Morgan fingerprint density at radius 1 is 1.03 bits per heavy atom. The van der Waals surface area contributed by atoms with Gasteiger partial charge in [-0.05, 0) is 62.1 Å². The zero-order valence-corrected chi connectivity index (χ0v) is 17.5. The van der Waals surface area contributed by atoms with E-state index in [2.05, 4.69) is 10.0 Å². The van der Waals surface area contributed by atoms with E-state index in [9.17, 15) is 18.5 Å². The molecule has 1 aliphatic rings. The number of nitro benzene ring substituents is 1. The van der Waals surface area contributed by atoms with Crippen molar-refractivity contribution >= 4 is 27.3 Å². The molecule has 7 nitrogen and oxygen atoms in total. The normalized spacial score (nSPS) is 19.3. The Bertz CT molecular complexity index is 933. The highest BCUT2D eigenvalue weighted by Gasteiger charge is 2.31. The van der Waals surface area contributed by atoms with Crippen molar-refractivity contribution < 1.29 is 13.3 Å². The van der Waals surface area contributed by atoms with E-state index in [1.54, 1.807) is 0 Å². The van der Waals surface area contributed by atoms with Gasteiger partial charge in [0.05, 0.1) is 9.82 Å². The van der Waals surface area contributed by atoms with Gasteiger partial charge in [-0.25, -0.2) is 13.1 Å². The van der Waals surface area contributed by atoms with Crippen LogP contribution in [0.15, 0.2) is 53.4 Å². The average Bonchev–Trinajstić information content (AvgIpc) is 3.13. The summed E-state index contributed by atoms with van der Waals surface area (Å²) in [5.41, 5.74) is 1.09. The molecular weight excluding hydrogens is 414 g/mol. The summed E-state index contributed by atoms with van der Waals surface area (Å²) in [6.07, 6.45) is 4.49. The molecule has 1 saturated carbocycles. The minimum absolute atomic E-state index is 0.0384. The van der Waals surface area contributed by atoms with Crippen LogP contribution in [0.4, 0.5) is 5.69 Å². The highest BCUT2D eigenvalue weighted by Crippen LogP contribution is 2.22. The number of nitrogens with one attached hydrogen (secondary N) is 2. The summed E-state index contributed by atoms with van der Waals surface area (Å²) < 4.78 is 28.0. The minimum atomic E-state index is -3.72. The first kappa shape index (κ1) is 21.7. The standard InChI is InChI=1S/C20H24ClN3O4S/c21-16-8-6-15(7-9-16)3-2-14-22-19-4-1-5-20(19)23-29(27,28)18-12-10-17(11-13-18)24(25)26/h6-13,19-20,22-23H,1-5,14H2. The second kappa shape index (κ2) is 9.67. The van der Waals surface area contributed by atoms with Crippen LogP contribution in [0.2, 0.25) is 5.02 Å². The Morgan fingerprint density at radius 3 is 2.34 bits per heavy atom. The van der Waals surface area contributed by atoms with Gasteiger partial charge in [0.1, 0.15) is 0 Å². The van der Waals surface area contributed by atoms with Crippen LogP contribution in [-0.2, 0) is 16.4 Å². The van der Waals surface area contributed by atoms with Gasteiger partial charge in [0.2, 0.25) is 10.0 Å². The minimum Gasteiger partial charge on any atom is -0.312 e. The van der Waals surface area contributed by atoms with Crippen LogP contribution in [-0.4, -0.2) is 32.0 Å². The number of halogens is 1. The summed E-state index contributed by atoms with van der Waals surface area (Å²) in [5.74, 6) is 0. The van der Waals surface area contributed by atoms with E-state index < -0.39 is 14.9 Å². The summed E-state index contributed by atoms with van der Waals surface area (Å²) in [4.78, 5) is 10.2. The molecule has 0 radical (unpaired) electrons. The van der Waals surface area contributed by atoms with E-state index in [0.29, 0.717) is 0 Å². The molecule has 0 aromatic heterocycles. The predicted octanol–water partition coefficient (Wildman–Crippen LogP) is 3.67. The van der Waals surface area contributed by atoms with Crippen molar-refractivity contribution in [2.24, 2.45) is 0 Å². The molecule has 2 N–H and O–H groups in total. The molecule has 29 heavy (non-hydrogen) atoms. The number of rotatable bonds is 9. The van der Waals surface area contributed by atoms with Crippen LogP contribution in [0.1, 0.15) is 31.2 Å². The molecular formula is C20H24ClN3O4S. The van der Waals surface area contributed by atoms with E-state index in [-0.39, 0.29) is 22.7 Å². The molecule has 2 aromatic rings. The molecule has 1 aliphatic carbocycles. The Labute approximate surface area is 175 Å². The molecule has 156 valence electrons. The second-order valence-corrected chi connectivity index (χ2v) is 9.35. The first-order valence-corrected chi connectivity index (χ1v) is 11.5. The van der Waals surface area contributed by atoms with Crippen LogP contribution >= 0.6 is 11.6 Å². The van der Waals surface area contributed by atoms with E-state index in [1.165, 1.54) is 29.8 Å². The molecule has 0 heterocycles. The van der Waals surface area contributed by atoms with Crippen molar-refractivity contribution in [3.8, 4) is 0 Å². The lowest BCUT2D eigenvalue weighted by Gasteiger charge is -2.22. The van der Waals surface area contributed by atoms with Gasteiger partial charge in [-0.2, -0.15) is 0 Å². The molecule has 1 fully saturated rings. The molecule has 2 atom stereocenters. The second-order valence-electron chi connectivity index (χ2n) is 7.20. The number of nitrogens with zero attached hydrogens (tertiary/aromatic N) is 1. The van der Waals surface area contributed by atoms with Crippen molar-refractivity contribution in [1.82, 2.24) is 10.0 Å². The number of benzene rings is 2. The lowest BCUT2D eigenvalue weighted by atomic mass is 10.1. The summed E-state index contributed by atoms with van der Waals surface area (Å²) in [6, 6.07) is 12.6. The van der Waals surface area contributed by atoms with Gasteiger partial charge in [-0.3, -0.25) is 10.1 Å².